The first kappa shape index (κ1) is 22.8. The van der Waals surface area contributed by atoms with E-state index >= 15 is 0 Å². The summed E-state index contributed by atoms with van der Waals surface area (Å²) in [7, 11) is 0. The van der Waals surface area contributed by atoms with Gasteiger partial charge in [-0.2, -0.15) is 13.2 Å². The molecule has 0 spiro atoms. The SMILES string of the molecule is Cc1cnccc1N1CCN(C(=O)c2cc3nccn3c(=O)[nH]2)CC1.O=C(O)C(F)(F)F. The molecule has 1 fully saturated rings. The molecule has 0 bridgehead atoms. The number of aromatic amines is 1. The van der Waals surface area contributed by atoms with Crippen LogP contribution in [0.2, 0.25) is 0 Å². The lowest BCUT2D eigenvalue weighted by atomic mass is 10.2. The third-order valence-electron chi connectivity index (χ3n) is 4.77. The van der Waals surface area contributed by atoms with Crippen molar-refractivity contribution in [3.63, 3.8) is 0 Å². The van der Waals surface area contributed by atoms with Crippen LogP contribution in [0.4, 0.5) is 18.9 Å². The minimum absolute atomic E-state index is 0.172. The molecule has 0 atom stereocenters. The summed E-state index contributed by atoms with van der Waals surface area (Å²) in [4.78, 5) is 48.5. The van der Waals surface area contributed by atoms with Gasteiger partial charge in [-0.3, -0.25) is 14.2 Å². The van der Waals surface area contributed by atoms with Crippen molar-refractivity contribution in [1.29, 1.82) is 0 Å². The third kappa shape index (κ3) is 5.04. The lowest BCUT2D eigenvalue weighted by Gasteiger charge is -2.36. The second-order valence-corrected chi connectivity index (χ2v) is 6.89. The zero-order chi connectivity index (χ0) is 23.5. The van der Waals surface area contributed by atoms with Crippen LogP contribution in [0.1, 0.15) is 16.1 Å². The van der Waals surface area contributed by atoms with E-state index in [1.165, 1.54) is 10.6 Å². The number of amides is 1. The molecule has 0 aliphatic carbocycles. The third-order valence-corrected chi connectivity index (χ3v) is 4.77. The summed E-state index contributed by atoms with van der Waals surface area (Å²) in [5.41, 5.74) is 2.66. The van der Waals surface area contributed by atoms with Crippen LogP contribution >= 0.6 is 0 Å². The van der Waals surface area contributed by atoms with Gasteiger partial charge in [-0.25, -0.2) is 14.6 Å². The van der Waals surface area contributed by atoms with Gasteiger partial charge in [-0.1, -0.05) is 0 Å². The zero-order valence-electron chi connectivity index (χ0n) is 16.8. The van der Waals surface area contributed by atoms with E-state index in [-0.39, 0.29) is 17.3 Å². The number of fused-ring (bicyclic) bond motifs is 1. The number of anilines is 1. The summed E-state index contributed by atoms with van der Waals surface area (Å²) < 4.78 is 33.1. The molecular formula is C19H19F3N6O4. The van der Waals surface area contributed by atoms with Crippen molar-refractivity contribution in [1.82, 2.24) is 24.3 Å². The quantitative estimate of drug-likeness (QED) is 0.601. The highest BCUT2D eigenvalue weighted by Gasteiger charge is 2.38. The van der Waals surface area contributed by atoms with Crippen LogP contribution in [0.5, 0.6) is 0 Å². The van der Waals surface area contributed by atoms with E-state index in [2.05, 4.69) is 19.9 Å². The van der Waals surface area contributed by atoms with Gasteiger partial charge in [0.1, 0.15) is 11.3 Å². The highest BCUT2D eigenvalue weighted by Crippen LogP contribution is 2.20. The molecule has 4 heterocycles. The Bertz CT molecular complexity index is 1180. The maximum Gasteiger partial charge on any atom is 0.490 e. The zero-order valence-corrected chi connectivity index (χ0v) is 16.8. The van der Waals surface area contributed by atoms with Crippen LogP contribution in [-0.4, -0.2) is 73.6 Å². The molecule has 2 N–H and O–H groups in total. The Morgan fingerprint density at radius 2 is 1.81 bits per heavy atom. The highest BCUT2D eigenvalue weighted by molar-refractivity contribution is 5.93. The number of aromatic nitrogens is 4. The van der Waals surface area contributed by atoms with Crippen LogP contribution in [0.15, 0.2) is 41.7 Å². The van der Waals surface area contributed by atoms with Gasteiger partial charge in [0.2, 0.25) is 0 Å². The van der Waals surface area contributed by atoms with E-state index in [0.717, 1.165) is 24.3 Å². The molecule has 3 aromatic heterocycles. The molecule has 1 saturated heterocycles. The number of carboxylic acids is 1. The number of halogens is 3. The van der Waals surface area contributed by atoms with Crippen LogP contribution in [0.3, 0.4) is 0 Å². The van der Waals surface area contributed by atoms with Crippen molar-refractivity contribution >= 4 is 23.2 Å². The van der Waals surface area contributed by atoms with E-state index in [1.54, 1.807) is 23.4 Å². The molecule has 3 aromatic rings. The summed E-state index contributed by atoms with van der Waals surface area (Å²) in [6, 6.07) is 3.61. The summed E-state index contributed by atoms with van der Waals surface area (Å²) in [5.74, 6) is -2.93. The van der Waals surface area contributed by atoms with Crippen molar-refractivity contribution in [3.05, 3.63) is 58.7 Å². The number of carboxylic acid groups (broad SMARTS) is 1. The molecule has 0 saturated carbocycles. The highest BCUT2D eigenvalue weighted by atomic mass is 19.4. The van der Waals surface area contributed by atoms with Crippen molar-refractivity contribution in [2.75, 3.05) is 31.1 Å². The number of rotatable bonds is 2. The lowest BCUT2D eigenvalue weighted by Crippen LogP contribution is -2.49. The maximum absolute atomic E-state index is 12.7. The molecule has 0 aromatic carbocycles. The molecule has 0 unspecified atom stereocenters. The van der Waals surface area contributed by atoms with E-state index in [1.807, 2.05) is 19.2 Å². The number of nitrogens with one attached hydrogen (secondary N) is 1. The second kappa shape index (κ2) is 9.08. The molecule has 170 valence electrons. The monoisotopic (exact) mass is 452 g/mol. The number of imidazole rings is 1. The number of piperazine rings is 1. The minimum Gasteiger partial charge on any atom is -0.475 e. The van der Waals surface area contributed by atoms with Gasteiger partial charge in [-0.05, 0) is 18.6 Å². The molecule has 1 amide bonds. The number of pyridine rings is 1. The Morgan fingerprint density at radius 1 is 1.16 bits per heavy atom. The topological polar surface area (TPSA) is 124 Å². The first-order chi connectivity index (χ1) is 15.1. The van der Waals surface area contributed by atoms with Gasteiger partial charge in [0.25, 0.3) is 5.91 Å². The fourth-order valence-corrected chi connectivity index (χ4v) is 3.19. The fourth-order valence-electron chi connectivity index (χ4n) is 3.19. The lowest BCUT2D eigenvalue weighted by molar-refractivity contribution is -0.192. The smallest absolute Gasteiger partial charge is 0.475 e. The van der Waals surface area contributed by atoms with Crippen molar-refractivity contribution < 1.29 is 27.9 Å². The van der Waals surface area contributed by atoms with Crippen molar-refractivity contribution in [2.24, 2.45) is 0 Å². The number of aryl methyl sites for hydroxylation is 1. The number of carbonyl (C=O) groups excluding carboxylic acids is 1. The Labute approximate surface area is 178 Å². The van der Waals surface area contributed by atoms with Crippen molar-refractivity contribution in [3.8, 4) is 0 Å². The molecule has 32 heavy (non-hydrogen) atoms. The number of aliphatic carboxylic acids is 1. The first-order valence-electron chi connectivity index (χ1n) is 9.39. The first-order valence-corrected chi connectivity index (χ1v) is 9.39. The summed E-state index contributed by atoms with van der Waals surface area (Å²) >= 11 is 0. The van der Waals surface area contributed by atoms with E-state index < -0.39 is 12.1 Å². The Hall–Kier alpha value is -3.90. The predicted molar refractivity (Wildman–Crippen MR) is 107 cm³/mol. The van der Waals surface area contributed by atoms with E-state index in [0.29, 0.717) is 18.7 Å². The number of H-pyrrole nitrogens is 1. The van der Waals surface area contributed by atoms with Gasteiger partial charge in [0.15, 0.2) is 0 Å². The Kier molecular flexibility index (Phi) is 6.46. The van der Waals surface area contributed by atoms with Crippen LogP contribution in [0, 0.1) is 6.92 Å². The number of hydrogen-bond donors (Lipinski definition) is 2. The number of nitrogens with zero attached hydrogens (tertiary/aromatic N) is 5. The van der Waals surface area contributed by atoms with Crippen LogP contribution < -0.4 is 10.6 Å². The van der Waals surface area contributed by atoms with Gasteiger partial charge in [0, 0.05) is 62.7 Å². The predicted octanol–water partition coefficient (Wildman–Crippen LogP) is 1.32. The fraction of sp³-hybridized carbons (Fsp3) is 0.316. The van der Waals surface area contributed by atoms with Gasteiger partial charge in [-0.15, -0.1) is 0 Å². The van der Waals surface area contributed by atoms with Gasteiger partial charge in [0.05, 0.1) is 0 Å². The normalized spacial score (nSPS) is 14.1. The van der Waals surface area contributed by atoms with Crippen molar-refractivity contribution in [2.45, 2.75) is 13.1 Å². The second-order valence-electron chi connectivity index (χ2n) is 6.89. The van der Waals surface area contributed by atoms with E-state index in [9.17, 15) is 22.8 Å². The molecular weight excluding hydrogens is 433 g/mol. The van der Waals surface area contributed by atoms with Crippen LogP contribution in [-0.2, 0) is 4.79 Å². The Balaban J connectivity index is 0.000000360. The van der Waals surface area contributed by atoms with Gasteiger partial charge >= 0.3 is 17.8 Å². The summed E-state index contributed by atoms with van der Waals surface area (Å²) in [5, 5.41) is 7.12. The average Bonchev–Trinajstić information content (AvgIpc) is 3.23. The van der Waals surface area contributed by atoms with Crippen LogP contribution in [0.25, 0.3) is 5.65 Å². The molecule has 4 rings (SSSR count). The van der Waals surface area contributed by atoms with E-state index in [4.69, 9.17) is 9.90 Å². The molecule has 1 aliphatic heterocycles. The standard InChI is InChI=1S/C17H18N6O2.C2HF3O2/c1-12-11-18-3-2-14(12)21-6-8-22(9-7-21)16(24)13-10-15-19-4-5-23(15)17(25)20-13;3-2(4,5)1(6)7/h2-5,10-11H,6-9H2,1H3,(H,20,25);(H,6,7). The van der Waals surface area contributed by atoms with Gasteiger partial charge < -0.3 is 19.9 Å². The largest absolute Gasteiger partial charge is 0.490 e. The molecule has 10 nitrogen and oxygen atoms in total. The minimum atomic E-state index is -5.08. The maximum atomic E-state index is 12.7. The molecule has 1 aliphatic rings. The summed E-state index contributed by atoms with van der Waals surface area (Å²) in [6.07, 6.45) is 1.65. The number of carbonyl (C=O) groups is 2. The summed E-state index contributed by atoms with van der Waals surface area (Å²) in [6.45, 7) is 4.72. The molecule has 13 heteroatoms. The average molecular weight is 452 g/mol. The number of alkyl halides is 3. The molecule has 0 radical (unpaired) electrons. The number of hydrogen-bond acceptors (Lipinski definition) is 6. The Morgan fingerprint density at radius 3 is 2.41 bits per heavy atom.